The Balaban J connectivity index is 2.57. The van der Waals surface area contributed by atoms with Crippen LogP contribution in [0.2, 0.25) is 0 Å². The summed E-state index contributed by atoms with van der Waals surface area (Å²) in [4.78, 5) is 33.9. The first-order chi connectivity index (χ1) is 7.52. The van der Waals surface area contributed by atoms with Crippen molar-refractivity contribution in [1.82, 2.24) is 10.2 Å². The lowest BCUT2D eigenvalue weighted by Gasteiger charge is -2.33. The van der Waals surface area contributed by atoms with Gasteiger partial charge in [0.05, 0.1) is 13.2 Å². The fraction of sp³-hybridized carbons (Fsp3) is 0.625. The molecular formula is C8H13N3O5. The van der Waals surface area contributed by atoms with Crippen LogP contribution in [0.1, 0.15) is 0 Å². The molecule has 90 valence electrons. The van der Waals surface area contributed by atoms with Gasteiger partial charge in [-0.3, -0.25) is 9.59 Å². The number of carboxylic acid groups (broad SMARTS) is 1. The van der Waals surface area contributed by atoms with E-state index in [4.69, 9.17) is 15.6 Å². The highest BCUT2D eigenvalue weighted by atomic mass is 16.5. The zero-order valence-corrected chi connectivity index (χ0v) is 8.51. The lowest BCUT2D eigenvalue weighted by molar-refractivity contribution is -0.135. The molecule has 0 saturated carbocycles. The van der Waals surface area contributed by atoms with Crippen molar-refractivity contribution in [1.29, 1.82) is 0 Å². The summed E-state index contributed by atoms with van der Waals surface area (Å²) in [6.45, 7) is 0.0425. The third kappa shape index (κ3) is 3.09. The first kappa shape index (κ1) is 12.2. The van der Waals surface area contributed by atoms with Crippen molar-refractivity contribution in [3.05, 3.63) is 0 Å². The summed E-state index contributed by atoms with van der Waals surface area (Å²) in [6, 6.07) is -1.47. The molecule has 0 aromatic rings. The van der Waals surface area contributed by atoms with Gasteiger partial charge in [-0.05, 0) is 0 Å². The first-order valence-electron chi connectivity index (χ1n) is 4.65. The van der Waals surface area contributed by atoms with Gasteiger partial charge in [-0.15, -0.1) is 0 Å². The van der Waals surface area contributed by atoms with Crippen LogP contribution in [0.15, 0.2) is 0 Å². The van der Waals surface area contributed by atoms with Gasteiger partial charge < -0.3 is 25.8 Å². The van der Waals surface area contributed by atoms with Crippen LogP contribution in [-0.2, 0) is 14.3 Å². The molecule has 4 N–H and O–H groups in total. The number of amides is 3. The summed E-state index contributed by atoms with van der Waals surface area (Å²) in [5.41, 5.74) is 5.09. The number of aliphatic carboxylic acids is 1. The molecule has 1 atom stereocenters. The topological polar surface area (TPSA) is 122 Å². The largest absolute Gasteiger partial charge is 0.480 e. The van der Waals surface area contributed by atoms with Gasteiger partial charge in [-0.2, -0.15) is 0 Å². The molecular weight excluding hydrogens is 218 g/mol. The average molecular weight is 231 g/mol. The molecule has 0 aliphatic carbocycles. The fourth-order valence-corrected chi connectivity index (χ4v) is 1.34. The third-order valence-electron chi connectivity index (χ3n) is 2.11. The second-order valence-corrected chi connectivity index (χ2v) is 3.24. The Hall–Kier alpha value is -1.83. The summed E-state index contributed by atoms with van der Waals surface area (Å²) in [5.74, 6) is -1.83. The van der Waals surface area contributed by atoms with Gasteiger partial charge in [-0.1, -0.05) is 0 Å². The van der Waals surface area contributed by atoms with Crippen molar-refractivity contribution in [2.24, 2.45) is 5.73 Å². The van der Waals surface area contributed by atoms with Crippen LogP contribution in [-0.4, -0.2) is 60.3 Å². The lowest BCUT2D eigenvalue weighted by Crippen LogP contribution is -2.57. The summed E-state index contributed by atoms with van der Waals surface area (Å²) < 4.78 is 5.01. The number of hydrogen-bond donors (Lipinski definition) is 3. The minimum Gasteiger partial charge on any atom is -0.480 e. The SMILES string of the molecule is NC(=O)C1COCCN1C(=O)NCC(=O)O. The number of morpholine rings is 1. The van der Waals surface area contributed by atoms with Crippen molar-refractivity contribution in [2.45, 2.75) is 6.04 Å². The number of nitrogens with two attached hydrogens (primary N) is 1. The second-order valence-electron chi connectivity index (χ2n) is 3.24. The molecule has 8 heteroatoms. The smallest absolute Gasteiger partial charge is 0.323 e. The van der Waals surface area contributed by atoms with Gasteiger partial charge in [0.15, 0.2) is 0 Å². The standard InChI is InChI=1S/C8H13N3O5/c9-7(14)5-4-16-2-1-11(5)8(15)10-3-6(12)13/h5H,1-4H2,(H2,9,14)(H,10,15)(H,12,13). The van der Waals surface area contributed by atoms with Crippen LogP contribution < -0.4 is 11.1 Å². The molecule has 0 aromatic carbocycles. The highest BCUT2D eigenvalue weighted by Crippen LogP contribution is 2.06. The number of carboxylic acids is 1. The summed E-state index contributed by atoms with van der Waals surface area (Å²) >= 11 is 0. The molecule has 8 nitrogen and oxygen atoms in total. The molecule has 1 unspecified atom stereocenters. The van der Waals surface area contributed by atoms with Crippen molar-refractivity contribution in [2.75, 3.05) is 26.3 Å². The number of hydrogen-bond acceptors (Lipinski definition) is 4. The summed E-state index contributed by atoms with van der Waals surface area (Å²) in [6.07, 6.45) is 0. The Morgan fingerprint density at radius 1 is 1.50 bits per heavy atom. The Morgan fingerprint density at radius 2 is 2.19 bits per heavy atom. The van der Waals surface area contributed by atoms with Crippen LogP contribution in [0.5, 0.6) is 0 Å². The molecule has 1 heterocycles. The highest BCUT2D eigenvalue weighted by Gasteiger charge is 2.31. The van der Waals surface area contributed by atoms with E-state index in [9.17, 15) is 14.4 Å². The molecule has 1 rings (SSSR count). The van der Waals surface area contributed by atoms with Gasteiger partial charge >= 0.3 is 12.0 Å². The molecule has 1 saturated heterocycles. The maximum atomic E-state index is 11.5. The van der Waals surface area contributed by atoms with Crippen LogP contribution in [0.3, 0.4) is 0 Å². The highest BCUT2D eigenvalue weighted by molar-refractivity contribution is 5.87. The first-order valence-corrected chi connectivity index (χ1v) is 4.65. The number of rotatable bonds is 3. The molecule has 0 aromatic heterocycles. The minimum absolute atomic E-state index is 0.0375. The predicted octanol–water partition coefficient (Wildman–Crippen LogP) is -2.03. The molecule has 3 amide bonds. The predicted molar refractivity (Wildman–Crippen MR) is 51.5 cm³/mol. The number of carbonyl (C=O) groups is 3. The Morgan fingerprint density at radius 3 is 2.75 bits per heavy atom. The zero-order chi connectivity index (χ0) is 12.1. The molecule has 0 spiro atoms. The monoisotopic (exact) mass is 231 g/mol. The number of nitrogens with one attached hydrogen (secondary N) is 1. The maximum absolute atomic E-state index is 11.5. The zero-order valence-electron chi connectivity index (χ0n) is 8.51. The number of nitrogens with zero attached hydrogens (tertiary/aromatic N) is 1. The van der Waals surface area contributed by atoms with E-state index < -0.39 is 30.5 Å². The van der Waals surface area contributed by atoms with E-state index in [0.717, 1.165) is 0 Å². The Bertz CT molecular complexity index is 306. The van der Waals surface area contributed by atoms with E-state index in [0.29, 0.717) is 6.61 Å². The number of primary amides is 1. The van der Waals surface area contributed by atoms with Crippen LogP contribution in [0, 0.1) is 0 Å². The third-order valence-corrected chi connectivity index (χ3v) is 2.11. The summed E-state index contributed by atoms with van der Waals surface area (Å²) in [7, 11) is 0. The number of ether oxygens (including phenoxy) is 1. The fourth-order valence-electron chi connectivity index (χ4n) is 1.34. The lowest BCUT2D eigenvalue weighted by atomic mass is 10.2. The average Bonchev–Trinajstić information content (AvgIpc) is 2.25. The number of carbonyl (C=O) groups excluding carboxylic acids is 2. The van der Waals surface area contributed by atoms with Crippen LogP contribution in [0.25, 0.3) is 0 Å². The van der Waals surface area contributed by atoms with E-state index in [1.165, 1.54) is 4.90 Å². The van der Waals surface area contributed by atoms with Crippen molar-refractivity contribution >= 4 is 17.9 Å². The molecule has 1 aliphatic rings. The van der Waals surface area contributed by atoms with E-state index in [1.54, 1.807) is 0 Å². The Kier molecular flexibility index (Phi) is 4.06. The Labute approximate surface area is 91.3 Å². The molecule has 1 aliphatic heterocycles. The normalized spacial score (nSPS) is 20.2. The molecule has 0 bridgehead atoms. The molecule has 1 fully saturated rings. The summed E-state index contributed by atoms with van der Waals surface area (Å²) in [5, 5.41) is 10.5. The molecule has 0 radical (unpaired) electrons. The van der Waals surface area contributed by atoms with E-state index in [-0.39, 0.29) is 13.2 Å². The van der Waals surface area contributed by atoms with Gasteiger partial charge in [0.1, 0.15) is 12.6 Å². The van der Waals surface area contributed by atoms with Crippen LogP contribution in [0.4, 0.5) is 4.79 Å². The van der Waals surface area contributed by atoms with Gasteiger partial charge in [0, 0.05) is 6.54 Å². The van der Waals surface area contributed by atoms with Crippen molar-refractivity contribution < 1.29 is 24.2 Å². The van der Waals surface area contributed by atoms with E-state index >= 15 is 0 Å². The maximum Gasteiger partial charge on any atom is 0.323 e. The number of urea groups is 1. The van der Waals surface area contributed by atoms with Crippen LogP contribution >= 0.6 is 0 Å². The minimum atomic E-state index is -1.16. The quantitative estimate of drug-likeness (QED) is 0.517. The van der Waals surface area contributed by atoms with Gasteiger partial charge in [0.2, 0.25) is 5.91 Å². The van der Waals surface area contributed by atoms with Gasteiger partial charge in [0.25, 0.3) is 0 Å². The van der Waals surface area contributed by atoms with Crippen molar-refractivity contribution in [3.63, 3.8) is 0 Å². The van der Waals surface area contributed by atoms with Crippen molar-refractivity contribution in [3.8, 4) is 0 Å². The van der Waals surface area contributed by atoms with E-state index in [2.05, 4.69) is 5.32 Å². The molecule has 16 heavy (non-hydrogen) atoms. The second kappa shape index (κ2) is 5.31. The van der Waals surface area contributed by atoms with E-state index in [1.807, 2.05) is 0 Å². The van der Waals surface area contributed by atoms with Gasteiger partial charge in [-0.25, -0.2) is 4.79 Å².